The summed E-state index contributed by atoms with van der Waals surface area (Å²) in [5, 5.41) is -1.58. The predicted octanol–water partition coefficient (Wildman–Crippen LogP) is 5.06. The van der Waals surface area contributed by atoms with Crippen molar-refractivity contribution in [1.82, 2.24) is 9.97 Å². The van der Waals surface area contributed by atoms with Gasteiger partial charge in [-0.15, -0.1) is 0 Å². The molecule has 0 aliphatic rings. The molecule has 2 aromatic rings. The number of hydrogen-bond acceptors (Lipinski definition) is 2. The topological polar surface area (TPSA) is 41.8 Å². The van der Waals surface area contributed by atoms with Crippen LogP contribution in [0.5, 0.6) is 0 Å². The van der Waals surface area contributed by atoms with Crippen LogP contribution < -0.4 is 0 Å². The Bertz CT molecular complexity index is 719. The molecule has 2 aromatic heterocycles. The summed E-state index contributed by atoms with van der Waals surface area (Å²) < 4.78 is 20.0. The van der Waals surface area contributed by atoms with E-state index in [0.717, 1.165) is 17.8 Å². The molecule has 0 saturated heterocycles. The lowest BCUT2D eigenvalue weighted by atomic mass is 10.0. The smallest absolute Gasteiger partial charge is 0.174 e. The average Bonchev–Trinajstić information content (AvgIpc) is 3.05. The molecule has 2 rings (SSSR count). The summed E-state index contributed by atoms with van der Waals surface area (Å²) in [5.41, 5.74) is 3.08. The fourth-order valence-corrected chi connectivity index (χ4v) is 2.45. The molecule has 5 heteroatoms. The summed E-state index contributed by atoms with van der Waals surface area (Å²) in [6.07, 6.45) is 2.69. The third-order valence-corrected chi connectivity index (χ3v) is 4.00. The van der Waals surface area contributed by atoms with Crippen LogP contribution in [0.2, 0.25) is 0 Å². The van der Waals surface area contributed by atoms with Crippen molar-refractivity contribution in [3.05, 3.63) is 47.5 Å². The summed E-state index contributed by atoms with van der Waals surface area (Å²) in [5.74, 6) is 1.91. The number of aromatic nitrogens is 2. The average molecular weight is 320 g/mol. The molecule has 2 unspecified atom stereocenters. The van der Waals surface area contributed by atoms with Gasteiger partial charge in [0.1, 0.15) is 11.2 Å². The second-order valence-corrected chi connectivity index (χ2v) is 6.51. The van der Waals surface area contributed by atoms with Crippen molar-refractivity contribution in [3.8, 4) is 11.6 Å². The molecule has 118 valence electrons. The largest absolute Gasteiger partial charge is 0.453 e. The van der Waals surface area contributed by atoms with E-state index in [4.69, 9.17) is 4.42 Å². The zero-order valence-electron chi connectivity index (χ0n) is 13.5. The minimum atomic E-state index is -1.58. The summed E-state index contributed by atoms with van der Waals surface area (Å²) in [7, 11) is 2.16. The second-order valence-electron chi connectivity index (χ2n) is 5.42. The van der Waals surface area contributed by atoms with E-state index in [-0.39, 0.29) is 0 Å². The van der Waals surface area contributed by atoms with Crippen LogP contribution in [0, 0.1) is 6.92 Å². The van der Waals surface area contributed by atoms with Crippen LogP contribution in [0.1, 0.15) is 37.9 Å². The van der Waals surface area contributed by atoms with E-state index < -0.39 is 5.41 Å². The Kier molecular flexibility index (Phi) is 4.72. The number of allylic oxidation sites excluding steroid dienone is 3. The van der Waals surface area contributed by atoms with Crippen molar-refractivity contribution in [2.75, 3.05) is 0 Å². The first-order chi connectivity index (χ1) is 10.3. The molecule has 0 aromatic carbocycles. The van der Waals surface area contributed by atoms with E-state index >= 15 is 0 Å². The van der Waals surface area contributed by atoms with Crippen LogP contribution in [-0.4, -0.2) is 15.4 Å². The molecule has 0 spiro atoms. The maximum Gasteiger partial charge on any atom is 0.174 e. The summed E-state index contributed by atoms with van der Waals surface area (Å²) >= 11 is 0. The molecule has 1 N–H and O–H groups in total. The van der Waals surface area contributed by atoms with E-state index in [1.165, 1.54) is 6.92 Å². The number of H-pyrrole nitrogens is 1. The number of aromatic amines is 1. The number of nitrogens with zero attached hydrogens (tertiary/aromatic N) is 1. The molecule has 0 fully saturated rings. The highest BCUT2D eigenvalue weighted by Crippen LogP contribution is 2.38. The Morgan fingerprint density at radius 3 is 2.73 bits per heavy atom. The van der Waals surface area contributed by atoms with E-state index in [1.807, 2.05) is 26.0 Å². The van der Waals surface area contributed by atoms with Crippen LogP contribution in [0.15, 0.2) is 34.8 Å². The molecule has 22 heavy (non-hydrogen) atoms. The van der Waals surface area contributed by atoms with Gasteiger partial charge in [0.25, 0.3) is 0 Å². The van der Waals surface area contributed by atoms with Crippen molar-refractivity contribution in [3.63, 3.8) is 0 Å². The van der Waals surface area contributed by atoms with Gasteiger partial charge in [0.05, 0.1) is 5.69 Å². The molecule has 0 aliphatic heterocycles. The molecule has 0 amide bonds. The second kappa shape index (κ2) is 6.21. The van der Waals surface area contributed by atoms with Crippen LogP contribution in [0.4, 0.5) is 4.39 Å². The van der Waals surface area contributed by atoms with Gasteiger partial charge in [-0.05, 0) is 44.9 Å². The lowest BCUT2D eigenvalue weighted by molar-refractivity contribution is 0.374. The van der Waals surface area contributed by atoms with Gasteiger partial charge in [0.2, 0.25) is 0 Å². The first-order valence-corrected chi connectivity index (χ1v) is 7.85. The Hall–Kier alpha value is -1.67. The number of halogens is 1. The molecule has 2 atom stereocenters. The maximum atomic E-state index is 14.1. The van der Waals surface area contributed by atoms with Gasteiger partial charge in [-0.25, -0.2) is 9.37 Å². The van der Waals surface area contributed by atoms with Crippen LogP contribution >= 0.6 is 9.24 Å². The van der Waals surface area contributed by atoms with Gasteiger partial charge < -0.3 is 9.40 Å². The number of hydrogen-bond donors (Lipinski definition) is 1. The number of alkyl halides is 1. The van der Waals surface area contributed by atoms with Gasteiger partial charge in [-0.2, -0.15) is 0 Å². The standard InChI is InChI=1S/C17H22FN2OP/c1-6-12(10(3)17(5,18)22)14-8-9-15(21-14)16-19-11(4)13(7-2)20-16/h6,8-9H,3,7,22H2,1-2,4-5H3,(H,19,20)/b12-6+. The summed E-state index contributed by atoms with van der Waals surface area (Å²) in [4.78, 5) is 7.73. The third kappa shape index (κ3) is 3.22. The van der Waals surface area contributed by atoms with Crippen molar-refractivity contribution < 1.29 is 8.81 Å². The third-order valence-electron chi connectivity index (χ3n) is 3.65. The highest BCUT2D eigenvalue weighted by Gasteiger charge is 2.25. The summed E-state index contributed by atoms with van der Waals surface area (Å²) in [6.45, 7) is 11.2. The quantitative estimate of drug-likeness (QED) is 0.618. The number of nitrogens with one attached hydrogen (secondary N) is 1. The minimum absolute atomic E-state index is 0.366. The molecular formula is C17H22FN2OP. The van der Waals surface area contributed by atoms with E-state index in [2.05, 4.69) is 32.7 Å². The van der Waals surface area contributed by atoms with Crippen LogP contribution in [-0.2, 0) is 6.42 Å². The zero-order valence-corrected chi connectivity index (χ0v) is 14.6. The van der Waals surface area contributed by atoms with Crippen molar-refractivity contribution >= 4 is 14.8 Å². The predicted molar refractivity (Wildman–Crippen MR) is 92.4 cm³/mol. The van der Waals surface area contributed by atoms with Gasteiger partial charge >= 0.3 is 0 Å². The molecular weight excluding hydrogens is 298 g/mol. The number of rotatable bonds is 5. The van der Waals surface area contributed by atoms with Crippen molar-refractivity contribution in [2.45, 2.75) is 39.5 Å². The number of aryl methyl sites for hydroxylation is 2. The highest BCUT2D eigenvalue weighted by atomic mass is 31.0. The Labute approximate surface area is 132 Å². The first-order valence-electron chi connectivity index (χ1n) is 7.27. The van der Waals surface area contributed by atoms with Gasteiger partial charge in [0, 0.05) is 11.3 Å². The van der Waals surface area contributed by atoms with Crippen LogP contribution in [0.25, 0.3) is 17.2 Å². The first kappa shape index (κ1) is 16.7. The monoisotopic (exact) mass is 320 g/mol. The molecule has 0 saturated carbocycles. The lowest BCUT2D eigenvalue weighted by Gasteiger charge is -2.18. The van der Waals surface area contributed by atoms with Crippen molar-refractivity contribution in [2.24, 2.45) is 0 Å². The van der Waals surface area contributed by atoms with E-state index in [0.29, 0.717) is 28.5 Å². The zero-order chi connectivity index (χ0) is 16.5. The Morgan fingerprint density at radius 1 is 1.55 bits per heavy atom. The number of imidazole rings is 1. The summed E-state index contributed by atoms with van der Waals surface area (Å²) in [6, 6.07) is 3.65. The van der Waals surface area contributed by atoms with Crippen LogP contribution in [0.3, 0.4) is 0 Å². The maximum absolute atomic E-state index is 14.1. The SMILES string of the molecule is C=C(/C(=C\C)c1ccc(-c2nc(C)c(CC)[nH]2)o1)C(C)(F)P. The Morgan fingerprint density at radius 2 is 2.23 bits per heavy atom. The fourth-order valence-electron chi connectivity index (χ4n) is 2.30. The minimum Gasteiger partial charge on any atom is -0.453 e. The molecule has 0 aliphatic carbocycles. The normalized spacial score (nSPS) is 14.9. The van der Waals surface area contributed by atoms with E-state index in [9.17, 15) is 4.39 Å². The molecule has 0 radical (unpaired) electrons. The van der Waals surface area contributed by atoms with Gasteiger partial charge in [-0.1, -0.05) is 28.8 Å². The lowest BCUT2D eigenvalue weighted by Crippen LogP contribution is -2.11. The molecule has 0 bridgehead atoms. The Balaban J connectivity index is 2.36. The fraction of sp³-hybridized carbons (Fsp3) is 0.353. The van der Waals surface area contributed by atoms with Crippen molar-refractivity contribution in [1.29, 1.82) is 0 Å². The number of furan rings is 1. The van der Waals surface area contributed by atoms with E-state index in [1.54, 1.807) is 6.08 Å². The van der Waals surface area contributed by atoms with Gasteiger partial charge in [0.15, 0.2) is 11.6 Å². The van der Waals surface area contributed by atoms with Gasteiger partial charge in [-0.3, -0.25) is 0 Å². The molecule has 3 nitrogen and oxygen atoms in total. The molecule has 2 heterocycles. The highest BCUT2D eigenvalue weighted by molar-refractivity contribution is 7.19.